The average Bonchev–Trinajstić information content (AvgIpc) is 3.23. The molecule has 1 aliphatic rings. The number of aryl methyl sites for hydroxylation is 1. The average molecular weight is 513 g/mol. The quantitative estimate of drug-likeness (QED) is 0.439. The van der Waals surface area contributed by atoms with Crippen LogP contribution in [0, 0.1) is 5.92 Å². The Morgan fingerprint density at radius 1 is 1.18 bits per heavy atom. The molecule has 1 atom stereocenters. The van der Waals surface area contributed by atoms with Gasteiger partial charge in [0.1, 0.15) is 0 Å². The van der Waals surface area contributed by atoms with Gasteiger partial charge in [-0.25, -0.2) is 9.67 Å². The number of nitrogens with two attached hydrogens (primary N) is 1. The summed E-state index contributed by atoms with van der Waals surface area (Å²) in [4.78, 5) is 29.4. The number of aromatic nitrogens is 3. The molecular weight excluding hydrogens is 484 g/mol. The first-order valence-corrected chi connectivity index (χ1v) is 12.1. The summed E-state index contributed by atoms with van der Waals surface area (Å²) in [6, 6.07) is 7.86. The molecule has 0 bridgehead atoms. The maximum atomic E-state index is 13.3. The molecule has 0 aliphatic heterocycles. The second-order valence-electron chi connectivity index (χ2n) is 8.59. The first-order chi connectivity index (χ1) is 15.9. The van der Waals surface area contributed by atoms with Crippen LogP contribution in [0.15, 0.2) is 41.1 Å². The van der Waals surface area contributed by atoms with E-state index in [0.29, 0.717) is 12.1 Å². The number of hydrogen-bond acceptors (Lipinski definition) is 5. The Hall–Kier alpha value is -2.94. The van der Waals surface area contributed by atoms with Crippen LogP contribution in [0.2, 0.25) is 0 Å². The van der Waals surface area contributed by atoms with Crippen LogP contribution in [0.1, 0.15) is 61.5 Å². The smallest absolute Gasteiger partial charge is 0.255 e. The van der Waals surface area contributed by atoms with E-state index in [1.54, 1.807) is 12.4 Å². The standard InChI is InChI=1S/C24H29BrN6O2/c1-3-31-23-19(13-28-31)21(30-18-10-6-16(7-11-18)22(26)32)20(12-27-23)24(33)29-14(2)15-4-8-17(25)9-5-15/h4-5,8-9,12-14,16,18H,3,6-7,10-11H2,1-2H3,(H2,26,32)(H,27,30)(H,29,33). The molecule has 0 radical (unpaired) electrons. The molecule has 4 N–H and O–H groups in total. The van der Waals surface area contributed by atoms with Crippen LogP contribution in [0.4, 0.5) is 5.69 Å². The molecule has 33 heavy (non-hydrogen) atoms. The van der Waals surface area contributed by atoms with Crippen LogP contribution in [0.5, 0.6) is 0 Å². The summed E-state index contributed by atoms with van der Waals surface area (Å²) >= 11 is 3.44. The highest BCUT2D eigenvalue weighted by Gasteiger charge is 2.27. The van der Waals surface area contributed by atoms with Crippen molar-refractivity contribution < 1.29 is 9.59 Å². The third-order valence-corrected chi connectivity index (χ3v) is 6.93. The van der Waals surface area contributed by atoms with Crippen molar-refractivity contribution in [2.75, 3.05) is 5.32 Å². The van der Waals surface area contributed by atoms with Gasteiger partial charge in [0.05, 0.1) is 28.9 Å². The Balaban J connectivity index is 1.61. The van der Waals surface area contributed by atoms with Gasteiger partial charge in [0, 0.05) is 29.2 Å². The van der Waals surface area contributed by atoms with Gasteiger partial charge in [-0.3, -0.25) is 9.59 Å². The van der Waals surface area contributed by atoms with Gasteiger partial charge in [-0.05, 0) is 57.2 Å². The van der Waals surface area contributed by atoms with Crippen molar-refractivity contribution in [3.8, 4) is 0 Å². The van der Waals surface area contributed by atoms with Crippen molar-refractivity contribution in [2.24, 2.45) is 11.7 Å². The summed E-state index contributed by atoms with van der Waals surface area (Å²) in [7, 11) is 0. The topological polar surface area (TPSA) is 115 Å². The fraction of sp³-hybridized carbons (Fsp3) is 0.417. The van der Waals surface area contributed by atoms with Crippen molar-refractivity contribution in [1.29, 1.82) is 0 Å². The molecule has 4 rings (SSSR count). The first kappa shape index (κ1) is 23.2. The van der Waals surface area contributed by atoms with Gasteiger partial charge in [-0.1, -0.05) is 28.1 Å². The molecule has 1 fully saturated rings. The second kappa shape index (κ2) is 9.91. The molecule has 0 saturated heterocycles. The highest BCUT2D eigenvalue weighted by atomic mass is 79.9. The van der Waals surface area contributed by atoms with Gasteiger partial charge < -0.3 is 16.4 Å². The summed E-state index contributed by atoms with van der Waals surface area (Å²) < 4.78 is 2.81. The van der Waals surface area contributed by atoms with E-state index < -0.39 is 0 Å². The zero-order valence-corrected chi connectivity index (χ0v) is 20.4. The first-order valence-electron chi connectivity index (χ1n) is 11.3. The van der Waals surface area contributed by atoms with Crippen molar-refractivity contribution in [2.45, 2.75) is 58.2 Å². The number of carbonyl (C=O) groups is 2. The molecule has 0 spiro atoms. The van der Waals surface area contributed by atoms with Crippen molar-refractivity contribution in [1.82, 2.24) is 20.1 Å². The lowest BCUT2D eigenvalue weighted by Crippen LogP contribution is -2.33. The summed E-state index contributed by atoms with van der Waals surface area (Å²) in [6.07, 6.45) is 6.51. The summed E-state index contributed by atoms with van der Waals surface area (Å²) in [6.45, 7) is 4.65. The van der Waals surface area contributed by atoms with Gasteiger partial charge >= 0.3 is 0 Å². The molecular formula is C24H29BrN6O2. The SMILES string of the molecule is CCn1ncc2c(NC3CCC(C(N)=O)CC3)c(C(=O)NC(C)c3ccc(Br)cc3)cnc21. The predicted molar refractivity (Wildman–Crippen MR) is 132 cm³/mol. The van der Waals surface area contributed by atoms with E-state index in [1.165, 1.54) is 0 Å². The minimum Gasteiger partial charge on any atom is -0.381 e. The molecule has 174 valence electrons. The number of fused-ring (bicyclic) bond motifs is 1. The van der Waals surface area contributed by atoms with Crippen molar-refractivity contribution in [3.05, 3.63) is 52.3 Å². The van der Waals surface area contributed by atoms with Gasteiger partial charge in [-0.2, -0.15) is 5.10 Å². The van der Waals surface area contributed by atoms with E-state index in [-0.39, 0.29) is 29.8 Å². The van der Waals surface area contributed by atoms with Crippen molar-refractivity contribution >= 4 is 44.5 Å². The predicted octanol–water partition coefficient (Wildman–Crippen LogP) is 4.16. The van der Waals surface area contributed by atoms with E-state index in [4.69, 9.17) is 5.73 Å². The molecule has 3 aromatic rings. The summed E-state index contributed by atoms with van der Waals surface area (Å²) in [5, 5.41) is 11.9. The number of benzene rings is 1. The number of primary amides is 1. The Bertz CT molecular complexity index is 1150. The molecule has 2 heterocycles. The number of carbonyl (C=O) groups excluding carboxylic acids is 2. The van der Waals surface area contributed by atoms with Gasteiger partial charge in [0.15, 0.2) is 5.65 Å². The lowest BCUT2D eigenvalue weighted by atomic mass is 9.85. The fourth-order valence-corrected chi connectivity index (χ4v) is 4.69. The van der Waals surface area contributed by atoms with Crippen LogP contribution in [0.25, 0.3) is 11.0 Å². The Morgan fingerprint density at radius 2 is 1.88 bits per heavy atom. The maximum absolute atomic E-state index is 13.3. The molecule has 1 aromatic carbocycles. The third kappa shape index (κ3) is 5.03. The Kier molecular flexibility index (Phi) is 6.97. The molecule has 1 saturated carbocycles. The number of amides is 2. The number of rotatable bonds is 7. The van der Waals surface area contributed by atoms with Crippen LogP contribution in [-0.2, 0) is 11.3 Å². The monoisotopic (exact) mass is 512 g/mol. The number of nitrogens with zero attached hydrogens (tertiary/aromatic N) is 3. The summed E-state index contributed by atoms with van der Waals surface area (Å²) in [5.74, 6) is -0.499. The second-order valence-corrected chi connectivity index (χ2v) is 9.50. The maximum Gasteiger partial charge on any atom is 0.255 e. The largest absolute Gasteiger partial charge is 0.381 e. The molecule has 1 unspecified atom stereocenters. The van der Waals surface area contributed by atoms with Gasteiger partial charge in [0.25, 0.3) is 5.91 Å². The zero-order chi connectivity index (χ0) is 23.5. The minimum atomic E-state index is -0.231. The number of halogens is 1. The normalized spacial score (nSPS) is 19.2. The van der Waals surface area contributed by atoms with Crippen LogP contribution >= 0.6 is 15.9 Å². The van der Waals surface area contributed by atoms with E-state index >= 15 is 0 Å². The Morgan fingerprint density at radius 3 is 2.52 bits per heavy atom. The lowest BCUT2D eigenvalue weighted by molar-refractivity contribution is -0.122. The van der Waals surface area contributed by atoms with Crippen LogP contribution in [-0.4, -0.2) is 32.6 Å². The summed E-state index contributed by atoms with van der Waals surface area (Å²) in [5.41, 5.74) is 8.47. The minimum absolute atomic E-state index is 0.0714. The van der Waals surface area contributed by atoms with Crippen LogP contribution in [0.3, 0.4) is 0 Å². The lowest BCUT2D eigenvalue weighted by Gasteiger charge is -2.29. The number of pyridine rings is 1. The molecule has 9 heteroatoms. The zero-order valence-electron chi connectivity index (χ0n) is 18.8. The number of anilines is 1. The van der Waals surface area contributed by atoms with Gasteiger partial charge in [0.2, 0.25) is 5.91 Å². The Labute approximate surface area is 201 Å². The molecule has 2 amide bonds. The molecule has 1 aliphatic carbocycles. The van der Waals surface area contributed by atoms with Gasteiger partial charge in [-0.15, -0.1) is 0 Å². The van der Waals surface area contributed by atoms with Crippen molar-refractivity contribution in [3.63, 3.8) is 0 Å². The highest BCUT2D eigenvalue weighted by molar-refractivity contribution is 9.10. The van der Waals surface area contributed by atoms with E-state index in [9.17, 15) is 9.59 Å². The fourth-order valence-electron chi connectivity index (χ4n) is 4.42. The van der Waals surface area contributed by atoms with E-state index in [1.807, 2.05) is 42.8 Å². The van der Waals surface area contributed by atoms with E-state index in [2.05, 4.69) is 36.6 Å². The van der Waals surface area contributed by atoms with Crippen LogP contribution < -0.4 is 16.4 Å². The molecule has 8 nitrogen and oxygen atoms in total. The highest BCUT2D eigenvalue weighted by Crippen LogP contribution is 2.32. The van der Waals surface area contributed by atoms with E-state index in [0.717, 1.165) is 52.4 Å². The third-order valence-electron chi connectivity index (χ3n) is 6.41. The number of nitrogens with one attached hydrogen (secondary N) is 2. The molecule has 2 aromatic heterocycles. The number of hydrogen-bond donors (Lipinski definition) is 3.